The molecule has 0 saturated carbocycles. The van der Waals surface area contributed by atoms with Gasteiger partial charge in [0.1, 0.15) is 0 Å². The molecule has 3 atom stereocenters. The first-order valence-electron chi connectivity index (χ1n) is 10.9. The molecule has 0 radical (unpaired) electrons. The zero-order valence-electron chi connectivity index (χ0n) is 17.4. The number of piperidine rings is 1. The van der Waals surface area contributed by atoms with Crippen LogP contribution in [0.4, 0.5) is 0 Å². The molecule has 4 rings (SSSR count). The molecule has 1 aromatic rings. The van der Waals surface area contributed by atoms with Crippen LogP contribution in [-0.4, -0.2) is 59.4 Å². The Morgan fingerprint density at radius 3 is 2.71 bits per heavy atom. The Kier molecular flexibility index (Phi) is 5.21. The minimum atomic E-state index is -0.119. The summed E-state index contributed by atoms with van der Waals surface area (Å²) in [6.07, 6.45) is 4.11. The summed E-state index contributed by atoms with van der Waals surface area (Å²) >= 11 is 0. The highest BCUT2D eigenvalue weighted by atomic mass is 16.2. The van der Waals surface area contributed by atoms with E-state index in [0.29, 0.717) is 12.0 Å². The highest BCUT2D eigenvalue weighted by Crippen LogP contribution is 2.44. The van der Waals surface area contributed by atoms with Gasteiger partial charge in [-0.25, -0.2) is 0 Å². The SMILES string of the molecule is CCC[C@@H](C)N1C[C@H]2C(=O)NC3(CCN(C(=O)c4cccc(C)c4)CC3)[C@H]2C1. The van der Waals surface area contributed by atoms with E-state index in [4.69, 9.17) is 0 Å². The zero-order chi connectivity index (χ0) is 19.9. The van der Waals surface area contributed by atoms with E-state index in [1.165, 1.54) is 12.8 Å². The van der Waals surface area contributed by atoms with E-state index >= 15 is 0 Å². The maximum absolute atomic E-state index is 12.9. The molecular weight excluding hydrogens is 350 g/mol. The molecule has 0 aliphatic carbocycles. The first-order valence-corrected chi connectivity index (χ1v) is 10.9. The fraction of sp³-hybridized carbons (Fsp3) is 0.652. The number of aryl methyl sites for hydroxylation is 1. The lowest BCUT2D eigenvalue weighted by Crippen LogP contribution is -2.56. The van der Waals surface area contributed by atoms with Gasteiger partial charge in [0, 0.05) is 49.2 Å². The largest absolute Gasteiger partial charge is 0.350 e. The van der Waals surface area contributed by atoms with Crippen LogP contribution in [0.5, 0.6) is 0 Å². The topological polar surface area (TPSA) is 52.7 Å². The van der Waals surface area contributed by atoms with E-state index in [2.05, 4.69) is 24.1 Å². The van der Waals surface area contributed by atoms with Gasteiger partial charge in [-0.3, -0.25) is 14.5 Å². The van der Waals surface area contributed by atoms with Crippen molar-refractivity contribution < 1.29 is 9.59 Å². The minimum Gasteiger partial charge on any atom is -0.350 e. The summed E-state index contributed by atoms with van der Waals surface area (Å²) in [7, 11) is 0. The van der Waals surface area contributed by atoms with Gasteiger partial charge >= 0.3 is 0 Å². The second kappa shape index (κ2) is 7.51. The molecule has 3 fully saturated rings. The highest BCUT2D eigenvalue weighted by molar-refractivity contribution is 5.94. The Bertz CT molecular complexity index is 754. The molecular formula is C23H33N3O2. The number of carbonyl (C=O) groups excluding carboxylic acids is 2. The number of nitrogens with zero attached hydrogens (tertiary/aromatic N) is 2. The van der Waals surface area contributed by atoms with Crippen LogP contribution in [0.15, 0.2) is 24.3 Å². The molecule has 1 aromatic carbocycles. The standard InChI is InChI=1S/C23H33N3O2/c1-4-6-17(3)26-14-19-20(15-26)23(24-21(19)27)9-11-25(12-10-23)22(28)18-8-5-7-16(2)13-18/h5,7-8,13,17,19-20H,4,6,9-12,14-15H2,1-3H3,(H,24,27)/t17-,19-,20+/m1/s1. The lowest BCUT2D eigenvalue weighted by atomic mass is 9.75. The third kappa shape index (κ3) is 3.34. The summed E-state index contributed by atoms with van der Waals surface area (Å²) in [5.74, 6) is 0.854. The fourth-order valence-electron chi connectivity index (χ4n) is 5.62. The zero-order valence-corrected chi connectivity index (χ0v) is 17.4. The Balaban J connectivity index is 1.43. The van der Waals surface area contributed by atoms with Gasteiger partial charge in [0.25, 0.3) is 5.91 Å². The molecule has 1 N–H and O–H groups in total. The summed E-state index contributed by atoms with van der Waals surface area (Å²) < 4.78 is 0. The lowest BCUT2D eigenvalue weighted by Gasteiger charge is -2.43. The van der Waals surface area contributed by atoms with E-state index in [0.717, 1.165) is 50.1 Å². The monoisotopic (exact) mass is 383 g/mol. The van der Waals surface area contributed by atoms with Gasteiger partial charge in [0.15, 0.2) is 0 Å². The summed E-state index contributed by atoms with van der Waals surface area (Å²) in [5.41, 5.74) is 1.76. The maximum atomic E-state index is 12.9. The predicted octanol–water partition coefficient (Wildman–Crippen LogP) is 2.84. The van der Waals surface area contributed by atoms with E-state index in [-0.39, 0.29) is 23.3 Å². The van der Waals surface area contributed by atoms with Gasteiger partial charge in [-0.15, -0.1) is 0 Å². The molecule has 152 valence electrons. The van der Waals surface area contributed by atoms with Crippen LogP contribution < -0.4 is 5.32 Å². The smallest absolute Gasteiger partial charge is 0.253 e. The molecule has 28 heavy (non-hydrogen) atoms. The quantitative estimate of drug-likeness (QED) is 0.870. The van der Waals surface area contributed by atoms with Crippen molar-refractivity contribution in [2.45, 2.75) is 58.0 Å². The Morgan fingerprint density at radius 2 is 2.04 bits per heavy atom. The number of carbonyl (C=O) groups is 2. The number of rotatable bonds is 4. The molecule has 3 heterocycles. The molecule has 0 unspecified atom stereocenters. The van der Waals surface area contributed by atoms with Crippen molar-refractivity contribution in [1.29, 1.82) is 0 Å². The Hall–Kier alpha value is -1.88. The van der Waals surface area contributed by atoms with Gasteiger partial charge in [-0.05, 0) is 45.2 Å². The third-order valence-electron chi connectivity index (χ3n) is 7.30. The van der Waals surface area contributed by atoms with Crippen LogP contribution in [0.3, 0.4) is 0 Å². The fourth-order valence-corrected chi connectivity index (χ4v) is 5.62. The molecule has 3 saturated heterocycles. The van der Waals surface area contributed by atoms with Crippen molar-refractivity contribution in [2.24, 2.45) is 11.8 Å². The van der Waals surface area contributed by atoms with Crippen molar-refractivity contribution in [2.75, 3.05) is 26.2 Å². The van der Waals surface area contributed by atoms with Gasteiger partial charge < -0.3 is 10.2 Å². The lowest BCUT2D eigenvalue weighted by molar-refractivity contribution is -0.123. The van der Waals surface area contributed by atoms with E-state index < -0.39 is 0 Å². The minimum absolute atomic E-state index is 0.115. The van der Waals surface area contributed by atoms with Gasteiger partial charge in [0.05, 0.1) is 5.92 Å². The second-order valence-corrected chi connectivity index (χ2v) is 9.11. The average molecular weight is 384 g/mol. The first kappa shape index (κ1) is 19.4. The number of nitrogens with one attached hydrogen (secondary N) is 1. The van der Waals surface area contributed by atoms with Gasteiger partial charge in [-0.1, -0.05) is 31.0 Å². The molecule has 2 amide bonds. The molecule has 5 heteroatoms. The Labute approximate surface area is 168 Å². The maximum Gasteiger partial charge on any atom is 0.253 e. The summed E-state index contributed by atoms with van der Waals surface area (Å²) in [5, 5.41) is 3.37. The first-order chi connectivity index (χ1) is 13.4. The number of fused-ring (bicyclic) bond motifs is 2. The van der Waals surface area contributed by atoms with Crippen molar-refractivity contribution in [3.05, 3.63) is 35.4 Å². The number of likely N-dealkylation sites (tertiary alicyclic amines) is 2. The second-order valence-electron chi connectivity index (χ2n) is 9.11. The summed E-state index contributed by atoms with van der Waals surface area (Å²) in [6, 6.07) is 8.37. The van der Waals surface area contributed by atoms with Crippen LogP contribution in [-0.2, 0) is 4.79 Å². The van der Waals surface area contributed by atoms with Crippen LogP contribution >= 0.6 is 0 Å². The molecule has 0 aromatic heterocycles. The highest BCUT2D eigenvalue weighted by Gasteiger charge is 2.57. The number of amides is 2. The number of hydrogen-bond acceptors (Lipinski definition) is 3. The summed E-state index contributed by atoms with van der Waals surface area (Å²) in [6.45, 7) is 9.88. The van der Waals surface area contributed by atoms with Crippen molar-refractivity contribution >= 4 is 11.8 Å². The van der Waals surface area contributed by atoms with E-state index in [1.54, 1.807) is 0 Å². The number of hydrogen-bond donors (Lipinski definition) is 1. The van der Waals surface area contributed by atoms with Crippen LogP contribution in [0.1, 0.15) is 55.5 Å². The molecule has 3 aliphatic rings. The summed E-state index contributed by atoms with van der Waals surface area (Å²) in [4.78, 5) is 30.1. The molecule has 3 aliphatic heterocycles. The average Bonchev–Trinajstić information content (AvgIpc) is 3.23. The van der Waals surface area contributed by atoms with E-state index in [1.807, 2.05) is 36.1 Å². The predicted molar refractivity (Wildman–Crippen MR) is 110 cm³/mol. The molecule has 0 bridgehead atoms. The van der Waals surface area contributed by atoms with Crippen LogP contribution in [0.2, 0.25) is 0 Å². The van der Waals surface area contributed by atoms with Gasteiger partial charge in [-0.2, -0.15) is 0 Å². The van der Waals surface area contributed by atoms with Crippen LogP contribution in [0, 0.1) is 18.8 Å². The van der Waals surface area contributed by atoms with Gasteiger partial charge in [0.2, 0.25) is 5.91 Å². The Morgan fingerprint density at radius 1 is 1.29 bits per heavy atom. The molecule has 5 nitrogen and oxygen atoms in total. The third-order valence-corrected chi connectivity index (χ3v) is 7.30. The van der Waals surface area contributed by atoms with E-state index in [9.17, 15) is 9.59 Å². The number of benzene rings is 1. The normalized spacial score (nSPS) is 27.7. The molecule has 1 spiro atoms. The van der Waals surface area contributed by atoms with Crippen molar-refractivity contribution in [1.82, 2.24) is 15.1 Å². The van der Waals surface area contributed by atoms with Crippen molar-refractivity contribution in [3.8, 4) is 0 Å². The van der Waals surface area contributed by atoms with Crippen molar-refractivity contribution in [3.63, 3.8) is 0 Å². The van der Waals surface area contributed by atoms with Crippen LogP contribution in [0.25, 0.3) is 0 Å².